The van der Waals surface area contributed by atoms with Gasteiger partial charge in [-0.1, -0.05) is 60.7 Å². The molecule has 0 radical (unpaired) electrons. The van der Waals surface area contributed by atoms with Gasteiger partial charge in [0.05, 0.1) is 38.7 Å². The highest BCUT2D eigenvalue weighted by Gasteiger charge is 2.47. The van der Waals surface area contributed by atoms with Gasteiger partial charge in [-0.3, -0.25) is 4.57 Å². The van der Waals surface area contributed by atoms with E-state index in [1.807, 2.05) is 60.7 Å². The molecule has 1 saturated heterocycles. The Morgan fingerprint density at radius 3 is 2.09 bits per heavy atom. The predicted molar refractivity (Wildman–Crippen MR) is 158 cm³/mol. The molecule has 0 spiro atoms. The fourth-order valence-corrected chi connectivity index (χ4v) is 5.28. The van der Waals surface area contributed by atoms with E-state index < -0.39 is 36.6 Å². The molecule has 4 heterocycles. The number of benzene rings is 2. The van der Waals surface area contributed by atoms with Crippen LogP contribution in [0.25, 0.3) is 11.2 Å². The molecule has 0 amide bonds. The van der Waals surface area contributed by atoms with Crippen LogP contribution in [-0.4, -0.2) is 97.7 Å². The molecule has 1 aliphatic rings. The normalized spacial score (nSPS) is 21.4. The number of hydrogen-bond acceptors (Lipinski definition) is 13. The number of nitrogens with one attached hydrogen (secondary N) is 2. The van der Waals surface area contributed by atoms with E-state index in [9.17, 15) is 20.4 Å². The molecule has 6 rings (SSSR count). The van der Waals surface area contributed by atoms with Gasteiger partial charge in [-0.05, 0) is 29.2 Å². The van der Waals surface area contributed by atoms with E-state index in [0.717, 1.165) is 11.1 Å². The summed E-state index contributed by atoms with van der Waals surface area (Å²) in [5.41, 5.74) is 2.70. The standard InChI is InChI=1S/C29H34N10O5/c1-38-36-26(35-37-38)24-22(42)23(43)28(44-24)39-16-30-21-25(31-19(14-40)12-17-8-4-2-5-9-17)33-29(34-27(21)39)32-20(15-41)13-18-10-6-3-7-11-18/h2-11,16,19-20,22-24,28,40-43H,12-15H2,1H3,(H2,31,32,33,34)/t19-,20-,22-,23+,24-,28+/m0/s1. The lowest BCUT2D eigenvalue weighted by Crippen LogP contribution is -2.30. The summed E-state index contributed by atoms with van der Waals surface area (Å²) in [6.45, 7) is -0.365. The average Bonchev–Trinajstić information content (AvgIpc) is 3.74. The van der Waals surface area contributed by atoms with E-state index in [2.05, 4.69) is 36.0 Å². The minimum Gasteiger partial charge on any atom is -0.394 e. The van der Waals surface area contributed by atoms with Gasteiger partial charge in [0, 0.05) is 0 Å². The Hall–Kier alpha value is -4.54. The van der Waals surface area contributed by atoms with Crippen LogP contribution >= 0.6 is 0 Å². The molecule has 6 N–H and O–H groups in total. The quantitative estimate of drug-likeness (QED) is 0.114. The minimum absolute atomic E-state index is 0.128. The third kappa shape index (κ3) is 6.22. The highest BCUT2D eigenvalue weighted by molar-refractivity contribution is 5.84. The Morgan fingerprint density at radius 2 is 1.50 bits per heavy atom. The van der Waals surface area contributed by atoms with E-state index in [1.54, 1.807) is 7.05 Å². The number of hydrogen-bond donors (Lipinski definition) is 6. The van der Waals surface area contributed by atoms with Crippen molar-refractivity contribution in [3.63, 3.8) is 0 Å². The number of aryl methyl sites for hydroxylation is 1. The van der Waals surface area contributed by atoms with Crippen LogP contribution in [0.2, 0.25) is 0 Å². The summed E-state index contributed by atoms with van der Waals surface area (Å²) in [6.07, 6.45) is -2.35. The van der Waals surface area contributed by atoms with Crippen LogP contribution < -0.4 is 10.6 Å². The predicted octanol–water partition coefficient (Wildman–Crippen LogP) is 0.373. The first-order valence-electron chi connectivity index (χ1n) is 14.3. The Bertz CT molecular complexity index is 1670. The van der Waals surface area contributed by atoms with Gasteiger partial charge in [0.2, 0.25) is 11.8 Å². The lowest BCUT2D eigenvalue weighted by atomic mass is 10.1. The van der Waals surface area contributed by atoms with Gasteiger partial charge in [0.25, 0.3) is 0 Å². The maximum Gasteiger partial charge on any atom is 0.227 e. The van der Waals surface area contributed by atoms with Crippen molar-refractivity contribution in [2.24, 2.45) is 7.05 Å². The second-order valence-electron chi connectivity index (χ2n) is 10.7. The van der Waals surface area contributed by atoms with Crippen LogP contribution in [0.4, 0.5) is 11.8 Å². The van der Waals surface area contributed by atoms with Gasteiger partial charge < -0.3 is 35.8 Å². The number of aromatic nitrogens is 8. The molecule has 2 aromatic carbocycles. The van der Waals surface area contributed by atoms with Gasteiger partial charge in [0.1, 0.15) is 12.2 Å². The fraction of sp³-hybridized carbons (Fsp3) is 0.379. The van der Waals surface area contributed by atoms with E-state index >= 15 is 0 Å². The zero-order chi connectivity index (χ0) is 30.6. The summed E-state index contributed by atoms with van der Waals surface area (Å²) in [5.74, 6) is 0.653. The maximum atomic E-state index is 11.0. The lowest BCUT2D eigenvalue weighted by Gasteiger charge is -2.21. The molecular formula is C29H34N10O5. The van der Waals surface area contributed by atoms with Crippen molar-refractivity contribution in [1.29, 1.82) is 0 Å². The Morgan fingerprint density at radius 1 is 0.864 bits per heavy atom. The number of rotatable bonds is 12. The van der Waals surface area contributed by atoms with Crippen molar-refractivity contribution in [2.75, 3.05) is 23.8 Å². The Labute approximate surface area is 252 Å². The van der Waals surface area contributed by atoms with Crippen LogP contribution in [0.5, 0.6) is 0 Å². The number of ether oxygens (including phenoxy) is 1. The SMILES string of the molecule is Cn1nnc([C@H]2O[C@@H](n3cnc4c(N[C@H](CO)Cc5ccccc5)nc(N[C@H](CO)Cc5ccccc5)nc43)[C@H](O)[C@@H]2O)n1. The first-order valence-corrected chi connectivity index (χ1v) is 14.3. The van der Waals surface area contributed by atoms with E-state index in [4.69, 9.17) is 9.72 Å². The number of aliphatic hydroxyl groups is 4. The second-order valence-corrected chi connectivity index (χ2v) is 10.7. The van der Waals surface area contributed by atoms with Crippen molar-refractivity contribution in [2.45, 2.75) is 49.5 Å². The van der Waals surface area contributed by atoms with Crippen molar-refractivity contribution in [3.8, 4) is 0 Å². The third-order valence-corrected chi connectivity index (χ3v) is 7.48. The molecular weight excluding hydrogens is 568 g/mol. The van der Waals surface area contributed by atoms with Crippen LogP contribution in [0, 0.1) is 0 Å². The van der Waals surface area contributed by atoms with Crippen LogP contribution in [0.1, 0.15) is 29.3 Å². The van der Waals surface area contributed by atoms with Gasteiger partial charge in [-0.2, -0.15) is 14.8 Å². The highest BCUT2D eigenvalue weighted by Crippen LogP contribution is 2.39. The van der Waals surface area contributed by atoms with Crippen LogP contribution in [0.15, 0.2) is 67.0 Å². The van der Waals surface area contributed by atoms with Crippen LogP contribution in [-0.2, 0) is 24.6 Å². The van der Waals surface area contributed by atoms with E-state index in [-0.39, 0.29) is 25.0 Å². The highest BCUT2D eigenvalue weighted by atomic mass is 16.6. The molecule has 0 unspecified atom stereocenters. The molecule has 15 heteroatoms. The summed E-state index contributed by atoms with van der Waals surface area (Å²) >= 11 is 0. The number of nitrogens with zero attached hydrogens (tertiary/aromatic N) is 8. The molecule has 0 bridgehead atoms. The summed E-state index contributed by atoms with van der Waals surface area (Å²) in [4.78, 5) is 15.1. The topological polar surface area (TPSA) is 201 Å². The van der Waals surface area contributed by atoms with Crippen molar-refractivity contribution in [3.05, 3.63) is 83.9 Å². The molecule has 15 nitrogen and oxygen atoms in total. The van der Waals surface area contributed by atoms with Gasteiger partial charge in [-0.25, -0.2) is 4.98 Å². The Kier molecular flexibility index (Phi) is 8.72. The molecule has 6 atom stereocenters. The third-order valence-electron chi connectivity index (χ3n) is 7.48. The maximum absolute atomic E-state index is 11.0. The average molecular weight is 603 g/mol. The Balaban J connectivity index is 1.35. The zero-order valence-electron chi connectivity index (χ0n) is 23.9. The fourth-order valence-electron chi connectivity index (χ4n) is 5.28. The molecule has 0 saturated carbocycles. The lowest BCUT2D eigenvalue weighted by molar-refractivity contribution is -0.0384. The number of imidazole rings is 1. The zero-order valence-corrected chi connectivity index (χ0v) is 23.9. The second kappa shape index (κ2) is 13.0. The van der Waals surface area contributed by atoms with Crippen molar-refractivity contribution >= 4 is 22.9 Å². The molecule has 44 heavy (non-hydrogen) atoms. The molecule has 3 aromatic heterocycles. The first-order chi connectivity index (χ1) is 21.4. The first kappa shape index (κ1) is 29.5. The number of aliphatic hydroxyl groups excluding tert-OH is 4. The van der Waals surface area contributed by atoms with Crippen molar-refractivity contribution < 1.29 is 25.2 Å². The number of tetrazole rings is 1. The molecule has 230 valence electrons. The van der Waals surface area contributed by atoms with Gasteiger partial charge >= 0.3 is 0 Å². The summed E-state index contributed by atoms with van der Waals surface area (Å²) in [6, 6.07) is 18.6. The largest absolute Gasteiger partial charge is 0.394 e. The smallest absolute Gasteiger partial charge is 0.227 e. The summed E-state index contributed by atoms with van der Waals surface area (Å²) in [7, 11) is 1.59. The molecule has 0 aliphatic carbocycles. The number of anilines is 2. The monoisotopic (exact) mass is 602 g/mol. The summed E-state index contributed by atoms with van der Waals surface area (Å²) < 4.78 is 7.55. The van der Waals surface area contributed by atoms with E-state index in [0.29, 0.717) is 29.8 Å². The molecule has 1 fully saturated rings. The van der Waals surface area contributed by atoms with Crippen LogP contribution in [0.3, 0.4) is 0 Å². The number of fused-ring (bicyclic) bond motifs is 1. The van der Waals surface area contributed by atoms with Gasteiger partial charge in [-0.15, -0.1) is 10.2 Å². The van der Waals surface area contributed by atoms with Gasteiger partial charge in [0.15, 0.2) is 29.3 Å². The summed E-state index contributed by atoms with van der Waals surface area (Å²) in [5, 5.41) is 60.6. The molecule has 5 aromatic rings. The minimum atomic E-state index is -1.37. The van der Waals surface area contributed by atoms with E-state index in [1.165, 1.54) is 15.7 Å². The van der Waals surface area contributed by atoms with Crippen molar-refractivity contribution in [1.82, 2.24) is 39.7 Å². The molecule has 1 aliphatic heterocycles.